The first-order valence-electron chi connectivity index (χ1n) is 4.08. The largest absolute Gasteiger partial charge is 0.274 e. The number of carbonyl (C=O) groups excluding carboxylic acids is 2. The molecule has 0 aromatic carbocycles. The first-order chi connectivity index (χ1) is 6.72. The Morgan fingerprint density at radius 1 is 1.07 bits per heavy atom. The van der Waals surface area contributed by atoms with E-state index in [9.17, 15) is 9.59 Å². The molecule has 0 unspecified atom stereocenters. The molecular formula is C9H9BrN2O2. The molecule has 1 aromatic rings. The van der Waals surface area contributed by atoms with Crippen LogP contribution in [0.3, 0.4) is 0 Å². The zero-order valence-electron chi connectivity index (χ0n) is 7.39. The number of hydrogen-bond acceptors (Lipinski definition) is 3. The number of rotatable bonds is 0. The van der Waals surface area contributed by atoms with Crippen molar-refractivity contribution in [3.63, 3.8) is 0 Å². The minimum Gasteiger partial charge on any atom is -0.274 e. The molecule has 1 aliphatic heterocycles. The van der Waals surface area contributed by atoms with Crippen molar-refractivity contribution in [2.45, 2.75) is 12.8 Å². The summed E-state index contributed by atoms with van der Waals surface area (Å²) in [4.78, 5) is 24.7. The van der Waals surface area contributed by atoms with E-state index in [0.717, 1.165) is 3.93 Å². The Kier molecular flexibility index (Phi) is 4.25. The van der Waals surface area contributed by atoms with E-state index in [1.54, 1.807) is 12.4 Å². The summed E-state index contributed by atoms with van der Waals surface area (Å²) in [7, 11) is 0. The van der Waals surface area contributed by atoms with Crippen LogP contribution in [0.5, 0.6) is 0 Å². The van der Waals surface area contributed by atoms with Crippen molar-refractivity contribution in [2.24, 2.45) is 0 Å². The van der Waals surface area contributed by atoms with E-state index in [4.69, 9.17) is 0 Å². The summed E-state index contributed by atoms with van der Waals surface area (Å²) in [5.41, 5.74) is 0. The predicted molar refractivity (Wildman–Crippen MR) is 54.3 cm³/mol. The lowest BCUT2D eigenvalue weighted by molar-refractivity contribution is -0.131. The fraction of sp³-hybridized carbons (Fsp3) is 0.222. The molecule has 1 fully saturated rings. The maximum absolute atomic E-state index is 10.4. The average molecular weight is 257 g/mol. The molecule has 2 heterocycles. The minimum absolute atomic E-state index is 0.144. The molecule has 74 valence electrons. The highest BCUT2D eigenvalue weighted by atomic mass is 79.9. The topological polar surface area (TPSA) is 50.3 Å². The maximum Gasteiger partial charge on any atom is 0.239 e. The average Bonchev–Trinajstić information content (AvgIpc) is 2.53. The van der Waals surface area contributed by atoms with Crippen LogP contribution in [0.25, 0.3) is 0 Å². The Morgan fingerprint density at radius 3 is 1.71 bits per heavy atom. The second kappa shape index (κ2) is 5.49. The van der Waals surface area contributed by atoms with E-state index in [-0.39, 0.29) is 11.8 Å². The van der Waals surface area contributed by atoms with E-state index in [1.165, 1.54) is 0 Å². The summed E-state index contributed by atoms with van der Waals surface area (Å²) in [5, 5.41) is 0. The molecule has 4 nitrogen and oxygen atoms in total. The van der Waals surface area contributed by atoms with Gasteiger partial charge in [-0.05, 0) is 12.1 Å². The van der Waals surface area contributed by atoms with E-state index in [2.05, 4.69) is 21.1 Å². The van der Waals surface area contributed by atoms with E-state index >= 15 is 0 Å². The number of hydrogen-bond donors (Lipinski definition) is 0. The summed E-state index contributed by atoms with van der Waals surface area (Å²) in [6.07, 6.45) is 4.20. The molecule has 0 saturated carbocycles. The smallest absolute Gasteiger partial charge is 0.239 e. The molecule has 1 aromatic heterocycles. The van der Waals surface area contributed by atoms with Gasteiger partial charge in [-0.3, -0.25) is 14.6 Å². The second-order valence-corrected chi connectivity index (χ2v) is 3.30. The number of pyridine rings is 1. The maximum atomic E-state index is 10.4. The fourth-order valence-corrected chi connectivity index (χ4v) is 1.22. The van der Waals surface area contributed by atoms with E-state index in [0.29, 0.717) is 12.8 Å². The summed E-state index contributed by atoms with van der Waals surface area (Å²) >= 11 is 2.80. The van der Waals surface area contributed by atoms with Gasteiger partial charge in [0.2, 0.25) is 11.8 Å². The lowest BCUT2D eigenvalue weighted by atomic mass is 10.4. The van der Waals surface area contributed by atoms with Crippen LogP contribution < -0.4 is 0 Å². The van der Waals surface area contributed by atoms with Gasteiger partial charge in [-0.25, -0.2) is 3.93 Å². The number of carbonyl (C=O) groups is 2. The molecule has 0 spiro atoms. The molecule has 0 aliphatic carbocycles. The number of aromatic nitrogens is 1. The highest BCUT2D eigenvalue weighted by Gasteiger charge is 2.26. The Hall–Kier alpha value is -1.23. The highest BCUT2D eigenvalue weighted by molar-refractivity contribution is 9.08. The van der Waals surface area contributed by atoms with Gasteiger partial charge in [0.05, 0.1) is 16.1 Å². The van der Waals surface area contributed by atoms with Crippen molar-refractivity contribution >= 4 is 28.0 Å². The van der Waals surface area contributed by atoms with Crippen LogP contribution in [-0.2, 0) is 9.59 Å². The van der Waals surface area contributed by atoms with E-state index < -0.39 is 0 Å². The standard InChI is InChI=1S/C5H5N.C4H4BrNO2/c1-2-4-6-5-3-1;5-6-3(7)1-2-4(6)8/h1-5H;1-2H2. The molecule has 0 bridgehead atoms. The third-order valence-electron chi connectivity index (χ3n) is 1.56. The quantitative estimate of drug-likeness (QED) is 0.523. The molecule has 1 aliphatic rings. The van der Waals surface area contributed by atoms with E-state index in [1.807, 2.05) is 18.2 Å². The highest BCUT2D eigenvalue weighted by Crippen LogP contribution is 2.14. The monoisotopic (exact) mass is 256 g/mol. The number of halogens is 1. The number of amides is 2. The van der Waals surface area contributed by atoms with Gasteiger partial charge in [-0.15, -0.1) is 0 Å². The second-order valence-electron chi connectivity index (χ2n) is 2.59. The fourth-order valence-electron chi connectivity index (χ4n) is 0.862. The molecule has 5 heteroatoms. The van der Waals surface area contributed by atoms with Gasteiger partial charge >= 0.3 is 0 Å². The SMILES string of the molecule is O=C1CCC(=O)N1Br.c1ccncc1. The van der Waals surface area contributed by atoms with Crippen LogP contribution >= 0.6 is 16.1 Å². The zero-order valence-corrected chi connectivity index (χ0v) is 8.98. The lowest BCUT2D eigenvalue weighted by Crippen LogP contribution is -2.16. The van der Waals surface area contributed by atoms with Gasteiger partial charge in [0.1, 0.15) is 0 Å². The van der Waals surface area contributed by atoms with Crippen molar-refractivity contribution in [2.75, 3.05) is 0 Å². The Bertz CT molecular complexity index is 273. The summed E-state index contributed by atoms with van der Waals surface area (Å²) < 4.78 is 0.979. The Morgan fingerprint density at radius 2 is 1.57 bits per heavy atom. The number of nitrogens with zero attached hydrogens (tertiary/aromatic N) is 2. The molecular weight excluding hydrogens is 248 g/mol. The van der Waals surface area contributed by atoms with Gasteiger partial charge in [-0.2, -0.15) is 0 Å². The first kappa shape index (κ1) is 10.8. The van der Waals surface area contributed by atoms with Crippen LogP contribution in [-0.4, -0.2) is 20.7 Å². The molecule has 0 N–H and O–H groups in total. The number of imide groups is 1. The van der Waals surface area contributed by atoms with Crippen molar-refractivity contribution in [1.82, 2.24) is 8.91 Å². The first-order valence-corrected chi connectivity index (χ1v) is 4.79. The van der Waals surface area contributed by atoms with Gasteiger partial charge in [0, 0.05) is 25.2 Å². The molecule has 2 amide bonds. The van der Waals surface area contributed by atoms with Crippen molar-refractivity contribution in [1.29, 1.82) is 0 Å². The predicted octanol–water partition coefficient (Wildman–Crippen LogP) is 1.53. The van der Waals surface area contributed by atoms with Crippen LogP contribution in [0, 0.1) is 0 Å². The normalized spacial score (nSPS) is 15.1. The summed E-state index contributed by atoms with van der Waals surface area (Å²) in [6, 6.07) is 5.72. The molecule has 2 rings (SSSR count). The summed E-state index contributed by atoms with van der Waals surface area (Å²) in [6.45, 7) is 0. The molecule has 0 atom stereocenters. The third kappa shape index (κ3) is 3.26. The lowest BCUT2D eigenvalue weighted by Gasteiger charge is -1.97. The summed E-state index contributed by atoms with van der Waals surface area (Å²) in [5.74, 6) is -0.287. The third-order valence-corrected chi connectivity index (χ3v) is 2.35. The van der Waals surface area contributed by atoms with Crippen molar-refractivity contribution < 1.29 is 9.59 Å². The Balaban J connectivity index is 0.000000146. The van der Waals surface area contributed by atoms with Crippen LogP contribution in [0.4, 0.5) is 0 Å². The molecule has 14 heavy (non-hydrogen) atoms. The molecule has 0 radical (unpaired) electrons. The van der Waals surface area contributed by atoms with Gasteiger partial charge in [0.15, 0.2) is 0 Å². The Labute approximate surface area is 90.3 Å². The van der Waals surface area contributed by atoms with Crippen LogP contribution in [0.15, 0.2) is 30.6 Å². The van der Waals surface area contributed by atoms with Gasteiger partial charge < -0.3 is 0 Å². The molecule has 1 saturated heterocycles. The van der Waals surface area contributed by atoms with Crippen molar-refractivity contribution in [3.8, 4) is 0 Å². The van der Waals surface area contributed by atoms with Gasteiger partial charge in [0.25, 0.3) is 0 Å². The van der Waals surface area contributed by atoms with Crippen LogP contribution in [0.2, 0.25) is 0 Å². The van der Waals surface area contributed by atoms with Crippen LogP contribution in [0.1, 0.15) is 12.8 Å². The minimum atomic E-state index is -0.144. The zero-order chi connectivity index (χ0) is 10.4. The van der Waals surface area contributed by atoms with Crippen molar-refractivity contribution in [3.05, 3.63) is 30.6 Å². The van der Waals surface area contributed by atoms with Gasteiger partial charge in [-0.1, -0.05) is 6.07 Å².